The number of unbranched alkanes of at least 4 members (excludes halogenated alkanes) is 1. The molecular weight excluding hydrogens is 358 g/mol. The summed E-state index contributed by atoms with van der Waals surface area (Å²) in [4.78, 5) is 24.0. The average molecular weight is 383 g/mol. The maximum atomic E-state index is 12.1. The summed E-state index contributed by atoms with van der Waals surface area (Å²) >= 11 is 0. The lowest BCUT2D eigenvalue weighted by molar-refractivity contribution is -0.144. The van der Waals surface area contributed by atoms with Crippen LogP contribution in [0.25, 0.3) is 5.65 Å². The Morgan fingerprint density at radius 2 is 1.96 bits per heavy atom. The number of nitrogens with zero attached hydrogens (tertiary/aromatic N) is 3. The maximum absolute atomic E-state index is 12.1. The number of aryl methyl sites for hydroxylation is 2. The molecule has 0 bridgehead atoms. The van der Waals surface area contributed by atoms with E-state index in [2.05, 4.69) is 11.2 Å². The smallest absolute Gasteiger partial charge is 0.350 e. The summed E-state index contributed by atoms with van der Waals surface area (Å²) in [5.41, 5.74) is 2.60. The van der Waals surface area contributed by atoms with Crippen molar-refractivity contribution >= 4 is 11.6 Å². The van der Waals surface area contributed by atoms with Crippen molar-refractivity contribution in [2.24, 2.45) is 0 Å². The third kappa shape index (κ3) is 5.00. The van der Waals surface area contributed by atoms with E-state index < -0.39 is 0 Å². The van der Waals surface area contributed by atoms with Crippen LogP contribution in [0.3, 0.4) is 0 Å². The van der Waals surface area contributed by atoms with Crippen LogP contribution in [0.2, 0.25) is 0 Å². The quantitative estimate of drug-likeness (QED) is 0.420. The fraction of sp³-hybridized carbons (Fsp3) is 0.381. The van der Waals surface area contributed by atoms with E-state index in [1.54, 1.807) is 18.3 Å². The zero-order chi connectivity index (χ0) is 19.9. The normalized spacial score (nSPS) is 10.9. The van der Waals surface area contributed by atoms with Gasteiger partial charge in [0.25, 0.3) is 0 Å². The predicted octanol–water partition coefficient (Wildman–Crippen LogP) is 2.91. The van der Waals surface area contributed by atoms with Crippen LogP contribution in [-0.2, 0) is 16.1 Å². The minimum atomic E-state index is -0.274. The van der Waals surface area contributed by atoms with Crippen LogP contribution in [0, 0.1) is 13.8 Å². The van der Waals surface area contributed by atoms with Crippen LogP contribution in [0.5, 0.6) is 5.75 Å². The topological polar surface area (TPSA) is 74.8 Å². The molecule has 0 radical (unpaired) electrons. The summed E-state index contributed by atoms with van der Waals surface area (Å²) < 4.78 is 13.7. The zero-order valence-corrected chi connectivity index (χ0v) is 16.3. The molecule has 0 saturated carbocycles. The van der Waals surface area contributed by atoms with Gasteiger partial charge < -0.3 is 9.47 Å². The number of aromatic nitrogens is 3. The minimum absolute atomic E-state index is 0.127. The maximum Gasteiger partial charge on any atom is 0.350 e. The van der Waals surface area contributed by atoms with E-state index in [0.717, 1.165) is 23.3 Å². The Hall–Kier alpha value is -3.09. The Morgan fingerprint density at radius 3 is 2.79 bits per heavy atom. The molecule has 0 spiro atoms. The van der Waals surface area contributed by atoms with E-state index in [1.807, 2.05) is 32.0 Å². The van der Waals surface area contributed by atoms with Crippen LogP contribution < -0.4 is 10.4 Å². The molecule has 3 rings (SSSR count). The molecule has 0 saturated heterocycles. The summed E-state index contributed by atoms with van der Waals surface area (Å²) in [6.07, 6.45) is 3.45. The van der Waals surface area contributed by atoms with Crippen LogP contribution >= 0.6 is 0 Å². The van der Waals surface area contributed by atoms with Gasteiger partial charge in [0, 0.05) is 12.6 Å². The second-order valence-corrected chi connectivity index (χ2v) is 6.73. The number of hydrogen-bond acceptors (Lipinski definition) is 5. The van der Waals surface area contributed by atoms with Crippen molar-refractivity contribution in [2.45, 2.75) is 39.7 Å². The average Bonchev–Trinajstić information content (AvgIpc) is 3.00. The number of hydrogen-bond donors (Lipinski definition) is 0. The van der Waals surface area contributed by atoms with Gasteiger partial charge in [-0.05, 0) is 56.0 Å². The molecule has 1 aromatic carbocycles. The molecule has 0 atom stereocenters. The molecular formula is C21H25N3O4. The van der Waals surface area contributed by atoms with E-state index in [4.69, 9.17) is 9.47 Å². The van der Waals surface area contributed by atoms with Crippen LogP contribution in [0.1, 0.15) is 30.4 Å². The second kappa shape index (κ2) is 9.21. The minimum Gasteiger partial charge on any atom is -0.493 e. The number of pyridine rings is 1. The van der Waals surface area contributed by atoms with Gasteiger partial charge in [0.15, 0.2) is 5.65 Å². The number of fused-ring (bicyclic) bond motifs is 1. The van der Waals surface area contributed by atoms with Gasteiger partial charge in [-0.1, -0.05) is 18.2 Å². The third-order valence-corrected chi connectivity index (χ3v) is 4.43. The first kappa shape index (κ1) is 19.7. The molecule has 2 aromatic heterocycles. The van der Waals surface area contributed by atoms with Crippen LogP contribution in [0.15, 0.2) is 47.4 Å². The number of carbonyl (C=O) groups excluding carboxylic acids is 1. The third-order valence-electron chi connectivity index (χ3n) is 4.43. The summed E-state index contributed by atoms with van der Waals surface area (Å²) in [5, 5.41) is 4.20. The van der Waals surface area contributed by atoms with Gasteiger partial charge in [-0.2, -0.15) is 0 Å². The summed E-state index contributed by atoms with van der Waals surface area (Å²) in [6.45, 7) is 4.97. The fourth-order valence-electron chi connectivity index (χ4n) is 2.85. The van der Waals surface area contributed by atoms with Crippen molar-refractivity contribution in [1.29, 1.82) is 0 Å². The van der Waals surface area contributed by atoms with Gasteiger partial charge in [0.1, 0.15) is 12.4 Å². The van der Waals surface area contributed by atoms with E-state index in [9.17, 15) is 9.59 Å². The Labute approximate surface area is 163 Å². The number of esters is 1. The molecule has 28 heavy (non-hydrogen) atoms. The molecule has 0 unspecified atom stereocenters. The van der Waals surface area contributed by atoms with Gasteiger partial charge >= 0.3 is 11.7 Å². The van der Waals surface area contributed by atoms with E-state index >= 15 is 0 Å². The van der Waals surface area contributed by atoms with Crippen LogP contribution in [0.4, 0.5) is 0 Å². The molecule has 148 valence electrons. The highest BCUT2D eigenvalue weighted by atomic mass is 16.5. The van der Waals surface area contributed by atoms with Crippen molar-refractivity contribution in [1.82, 2.24) is 14.2 Å². The number of benzene rings is 1. The van der Waals surface area contributed by atoms with Gasteiger partial charge in [-0.3, -0.25) is 9.20 Å². The molecule has 2 heterocycles. The highest BCUT2D eigenvalue weighted by Gasteiger charge is 2.08. The first-order valence-corrected chi connectivity index (χ1v) is 9.44. The van der Waals surface area contributed by atoms with Crippen molar-refractivity contribution in [2.75, 3.05) is 13.2 Å². The molecule has 7 heteroatoms. The zero-order valence-electron chi connectivity index (χ0n) is 16.3. The number of ether oxygens (including phenoxy) is 2. The molecule has 0 amide bonds. The number of rotatable bonds is 9. The first-order valence-electron chi connectivity index (χ1n) is 9.44. The van der Waals surface area contributed by atoms with Crippen molar-refractivity contribution in [3.05, 3.63) is 64.2 Å². The number of carbonyl (C=O) groups is 1. The summed E-state index contributed by atoms with van der Waals surface area (Å²) in [7, 11) is 0. The monoisotopic (exact) mass is 383 g/mol. The molecule has 7 nitrogen and oxygen atoms in total. The van der Waals surface area contributed by atoms with Crippen molar-refractivity contribution in [3.63, 3.8) is 0 Å². The van der Waals surface area contributed by atoms with Crippen molar-refractivity contribution < 1.29 is 14.3 Å². The van der Waals surface area contributed by atoms with Gasteiger partial charge in [0.05, 0.1) is 13.2 Å². The largest absolute Gasteiger partial charge is 0.493 e. The first-order chi connectivity index (χ1) is 13.5. The molecule has 0 N–H and O–H groups in total. The Balaban J connectivity index is 1.34. The molecule has 0 aliphatic carbocycles. The Morgan fingerprint density at radius 1 is 1.11 bits per heavy atom. The highest BCUT2D eigenvalue weighted by molar-refractivity contribution is 5.69. The SMILES string of the molecule is Cc1ccc(C)c(OCCCCC(=O)OCCn2nc3ccccn3c2=O)c1. The molecule has 0 aliphatic rings. The van der Waals surface area contributed by atoms with Crippen molar-refractivity contribution in [3.8, 4) is 5.75 Å². The predicted molar refractivity (Wildman–Crippen MR) is 106 cm³/mol. The summed E-state index contributed by atoms with van der Waals surface area (Å²) in [6, 6.07) is 11.4. The molecule has 3 aromatic rings. The van der Waals surface area contributed by atoms with E-state index in [-0.39, 0.29) is 24.8 Å². The van der Waals surface area contributed by atoms with Gasteiger partial charge in [0.2, 0.25) is 0 Å². The second-order valence-electron chi connectivity index (χ2n) is 6.73. The van der Waals surface area contributed by atoms with Crippen LogP contribution in [-0.4, -0.2) is 33.4 Å². The Kier molecular flexibility index (Phi) is 6.47. The lowest BCUT2D eigenvalue weighted by Gasteiger charge is -2.10. The molecule has 0 fully saturated rings. The lowest BCUT2D eigenvalue weighted by Crippen LogP contribution is -2.24. The molecule has 0 aliphatic heterocycles. The highest BCUT2D eigenvalue weighted by Crippen LogP contribution is 2.19. The fourth-order valence-corrected chi connectivity index (χ4v) is 2.85. The Bertz CT molecular complexity index is 1010. The lowest BCUT2D eigenvalue weighted by atomic mass is 10.1. The van der Waals surface area contributed by atoms with E-state index in [1.165, 1.54) is 9.08 Å². The van der Waals surface area contributed by atoms with Gasteiger partial charge in [-0.15, -0.1) is 5.10 Å². The van der Waals surface area contributed by atoms with E-state index in [0.29, 0.717) is 25.1 Å². The standard InChI is InChI=1S/C21H25N3O4/c1-16-9-10-17(2)18(15-16)27-13-6-4-8-20(25)28-14-12-24-21(26)23-11-5-3-7-19(23)22-24/h3,5,7,9-11,15H,4,6,8,12-14H2,1-2H3. The van der Waals surface area contributed by atoms with Gasteiger partial charge in [-0.25, -0.2) is 9.48 Å². The summed E-state index contributed by atoms with van der Waals surface area (Å²) in [5.74, 6) is 0.615.